The fraction of sp³-hybridized carbons (Fsp3) is 0.297. The third-order valence-electron chi connectivity index (χ3n) is 7.80. The first-order valence-electron chi connectivity index (χ1n) is 15.6. The van der Waals surface area contributed by atoms with Crippen LogP contribution < -0.4 is 9.62 Å². The number of halogens is 2. The number of sulfonamides is 1. The molecule has 0 aliphatic carbocycles. The average molecular weight is 695 g/mol. The maximum absolute atomic E-state index is 14.6. The molecule has 0 heterocycles. The van der Waals surface area contributed by atoms with Gasteiger partial charge in [0.1, 0.15) is 12.6 Å². The molecule has 0 aliphatic heterocycles. The van der Waals surface area contributed by atoms with Crippen molar-refractivity contribution < 1.29 is 18.0 Å². The lowest BCUT2D eigenvalue weighted by molar-refractivity contribution is -0.140. The minimum Gasteiger partial charge on any atom is -0.354 e. The van der Waals surface area contributed by atoms with E-state index in [1.54, 1.807) is 48.5 Å². The lowest BCUT2D eigenvalue weighted by Gasteiger charge is -2.34. The van der Waals surface area contributed by atoms with Gasteiger partial charge in [-0.2, -0.15) is 0 Å². The Morgan fingerprint density at radius 1 is 0.766 bits per heavy atom. The van der Waals surface area contributed by atoms with Gasteiger partial charge >= 0.3 is 0 Å². The van der Waals surface area contributed by atoms with Gasteiger partial charge in [0.15, 0.2) is 0 Å². The van der Waals surface area contributed by atoms with Crippen molar-refractivity contribution >= 4 is 50.7 Å². The highest BCUT2D eigenvalue weighted by Crippen LogP contribution is 2.29. The van der Waals surface area contributed by atoms with Gasteiger partial charge in [-0.25, -0.2) is 8.42 Å². The standard InChI is InChI=1S/C37H41Cl2N3O4S/c1-26(2)23-40-37(44)35(22-28-12-7-5-8-13-28)41(24-32-33(38)16-11-17-34(32)39)36(43)25-42(30-20-18-29(19-21-30)27(3)4)47(45,46)31-14-9-6-10-15-31/h5-21,26-27,35H,22-25H2,1-4H3,(H,40,44)/t35-/m1/s1. The van der Waals surface area contributed by atoms with Crippen LogP contribution in [0.4, 0.5) is 5.69 Å². The van der Waals surface area contributed by atoms with Crippen LogP contribution >= 0.6 is 23.2 Å². The molecule has 4 aromatic carbocycles. The Labute approximate surface area is 288 Å². The van der Waals surface area contributed by atoms with Crippen molar-refractivity contribution in [1.82, 2.24) is 10.2 Å². The smallest absolute Gasteiger partial charge is 0.264 e. The Bertz CT molecular complexity index is 1730. The number of anilines is 1. The first-order valence-corrected chi connectivity index (χ1v) is 17.8. The molecule has 0 fully saturated rings. The Morgan fingerprint density at radius 2 is 1.34 bits per heavy atom. The summed E-state index contributed by atoms with van der Waals surface area (Å²) in [5, 5.41) is 3.64. The van der Waals surface area contributed by atoms with Crippen LogP contribution in [0.1, 0.15) is 50.3 Å². The zero-order valence-corrected chi connectivity index (χ0v) is 29.4. The molecule has 0 aromatic heterocycles. The van der Waals surface area contributed by atoms with Gasteiger partial charge in [-0.15, -0.1) is 0 Å². The predicted molar refractivity (Wildman–Crippen MR) is 190 cm³/mol. The predicted octanol–water partition coefficient (Wildman–Crippen LogP) is 7.72. The SMILES string of the molecule is CC(C)CNC(=O)[C@@H](Cc1ccccc1)N(Cc1c(Cl)cccc1Cl)C(=O)CN(c1ccc(C(C)C)cc1)S(=O)(=O)c1ccccc1. The summed E-state index contributed by atoms with van der Waals surface area (Å²) >= 11 is 13.2. The quantitative estimate of drug-likeness (QED) is 0.147. The number of carbonyl (C=O) groups is 2. The van der Waals surface area contributed by atoms with Crippen LogP contribution in [0, 0.1) is 5.92 Å². The first kappa shape index (κ1) is 36.0. The third kappa shape index (κ3) is 9.37. The molecule has 0 bridgehead atoms. The highest BCUT2D eigenvalue weighted by molar-refractivity contribution is 7.92. The molecule has 2 amide bonds. The number of benzene rings is 4. The molecule has 4 rings (SSSR count). The molecule has 0 unspecified atom stereocenters. The van der Waals surface area contributed by atoms with Crippen LogP contribution in [0.25, 0.3) is 0 Å². The van der Waals surface area contributed by atoms with Gasteiger partial charge in [0, 0.05) is 35.1 Å². The second kappa shape index (κ2) is 16.3. The molecule has 1 atom stereocenters. The Hall–Kier alpha value is -3.85. The van der Waals surface area contributed by atoms with Crippen molar-refractivity contribution in [2.75, 3.05) is 17.4 Å². The number of amides is 2. The van der Waals surface area contributed by atoms with Crippen LogP contribution in [0.2, 0.25) is 10.0 Å². The topological polar surface area (TPSA) is 86.8 Å². The van der Waals surface area contributed by atoms with Gasteiger partial charge in [0.2, 0.25) is 11.8 Å². The second-order valence-corrected chi connectivity index (χ2v) is 14.8. The largest absolute Gasteiger partial charge is 0.354 e. The van der Waals surface area contributed by atoms with Crippen molar-refractivity contribution in [1.29, 1.82) is 0 Å². The van der Waals surface area contributed by atoms with Crippen molar-refractivity contribution in [2.24, 2.45) is 5.92 Å². The second-order valence-electron chi connectivity index (χ2n) is 12.1. The zero-order valence-electron chi connectivity index (χ0n) is 27.1. The molecule has 0 saturated carbocycles. The summed E-state index contributed by atoms with van der Waals surface area (Å²) in [6.45, 7) is 7.78. The number of hydrogen-bond acceptors (Lipinski definition) is 4. The van der Waals surface area contributed by atoms with Gasteiger partial charge < -0.3 is 10.2 Å². The highest BCUT2D eigenvalue weighted by atomic mass is 35.5. The van der Waals surface area contributed by atoms with E-state index < -0.39 is 28.5 Å². The molecule has 0 saturated heterocycles. The minimum atomic E-state index is -4.20. The van der Waals surface area contributed by atoms with E-state index >= 15 is 0 Å². The zero-order chi connectivity index (χ0) is 34.1. The van der Waals surface area contributed by atoms with Gasteiger partial charge in [-0.1, -0.05) is 118 Å². The van der Waals surface area contributed by atoms with Gasteiger partial charge in [0.05, 0.1) is 10.6 Å². The van der Waals surface area contributed by atoms with Crippen molar-refractivity contribution in [3.8, 4) is 0 Å². The number of hydrogen-bond donors (Lipinski definition) is 1. The number of carbonyl (C=O) groups excluding carboxylic acids is 2. The first-order chi connectivity index (χ1) is 22.4. The summed E-state index contributed by atoms with van der Waals surface area (Å²) in [6, 6.07) is 28.5. The fourth-order valence-corrected chi connectivity index (χ4v) is 7.06. The van der Waals surface area contributed by atoms with E-state index in [1.165, 1.54) is 17.0 Å². The van der Waals surface area contributed by atoms with Gasteiger partial charge in [-0.05, 0) is 59.4 Å². The molecule has 4 aromatic rings. The summed E-state index contributed by atoms with van der Waals surface area (Å²) in [6.07, 6.45) is 0.188. The van der Waals surface area contributed by atoms with Crippen molar-refractivity contribution in [3.05, 3.63) is 130 Å². The normalized spacial score (nSPS) is 12.2. The summed E-state index contributed by atoms with van der Waals surface area (Å²) in [4.78, 5) is 30.0. The molecule has 248 valence electrons. The molecule has 47 heavy (non-hydrogen) atoms. The van der Waals surface area contributed by atoms with Crippen molar-refractivity contribution in [3.63, 3.8) is 0 Å². The molecule has 1 N–H and O–H groups in total. The van der Waals surface area contributed by atoms with Gasteiger partial charge in [0.25, 0.3) is 10.0 Å². The number of nitrogens with one attached hydrogen (secondary N) is 1. The van der Waals surface area contributed by atoms with E-state index in [0.717, 1.165) is 15.4 Å². The van der Waals surface area contributed by atoms with E-state index in [4.69, 9.17) is 23.2 Å². The van der Waals surface area contributed by atoms with Crippen molar-refractivity contribution in [2.45, 2.75) is 57.5 Å². The van der Waals surface area contributed by atoms with Crippen LogP contribution in [0.15, 0.2) is 108 Å². The van der Waals surface area contributed by atoms with Crippen LogP contribution in [0.5, 0.6) is 0 Å². The summed E-state index contributed by atoms with van der Waals surface area (Å²) in [7, 11) is -4.20. The summed E-state index contributed by atoms with van der Waals surface area (Å²) in [5.41, 5.74) is 2.64. The average Bonchev–Trinajstić information content (AvgIpc) is 3.06. The molecule has 7 nitrogen and oxygen atoms in total. The van der Waals surface area contributed by atoms with E-state index in [-0.39, 0.29) is 35.6 Å². The van der Waals surface area contributed by atoms with Crippen LogP contribution in [-0.4, -0.2) is 44.3 Å². The minimum absolute atomic E-state index is 0.0388. The van der Waals surface area contributed by atoms with E-state index in [9.17, 15) is 18.0 Å². The summed E-state index contributed by atoms with van der Waals surface area (Å²) in [5.74, 6) is -0.561. The number of rotatable bonds is 14. The molecule has 0 aliphatic rings. The monoisotopic (exact) mass is 693 g/mol. The van der Waals surface area contributed by atoms with E-state index in [0.29, 0.717) is 27.8 Å². The Balaban J connectivity index is 1.83. The molecule has 0 radical (unpaired) electrons. The lowest BCUT2D eigenvalue weighted by Crippen LogP contribution is -2.53. The molecule has 0 spiro atoms. The maximum atomic E-state index is 14.6. The van der Waals surface area contributed by atoms with Crippen LogP contribution in [0.3, 0.4) is 0 Å². The Morgan fingerprint density at radius 3 is 1.89 bits per heavy atom. The fourth-order valence-electron chi connectivity index (χ4n) is 5.10. The van der Waals surface area contributed by atoms with Crippen LogP contribution in [-0.2, 0) is 32.6 Å². The lowest BCUT2D eigenvalue weighted by atomic mass is 10.0. The summed E-state index contributed by atoms with van der Waals surface area (Å²) < 4.78 is 29.5. The molecular weight excluding hydrogens is 653 g/mol. The van der Waals surface area contributed by atoms with Gasteiger partial charge in [-0.3, -0.25) is 13.9 Å². The highest BCUT2D eigenvalue weighted by Gasteiger charge is 2.35. The maximum Gasteiger partial charge on any atom is 0.264 e. The molecule has 10 heteroatoms. The molecular formula is C37H41Cl2N3O4S. The van der Waals surface area contributed by atoms with E-state index in [2.05, 4.69) is 5.32 Å². The third-order valence-corrected chi connectivity index (χ3v) is 10.3. The Kier molecular flexibility index (Phi) is 12.5. The van der Waals surface area contributed by atoms with E-state index in [1.807, 2.05) is 70.2 Å². The number of nitrogens with zero attached hydrogens (tertiary/aromatic N) is 2.